The van der Waals surface area contributed by atoms with Crippen molar-refractivity contribution in [3.63, 3.8) is 0 Å². The van der Waals surface area contributed by atoms with Gasteiger partial charge in [0.1, 0.15) is 22.5 Å². The number of aromatic nitrogens is 3. The van der Waals surface area contributed by atoms with Crippen LogP contribution < -0.4 is 5.73 Å². The number of carboxylic acid groups (broad SMARTS) is 1. The van der Waals surface area contributed by atoms with Crippen molar-refractivity contribution in [1.82, 2.24) is 19.3 Å². The Hall–Kier alpha value is -3.06. The average molecular weight is 528 g/mol. The Labute approximate surface area is 214 Å². The van der Waals surface area contributed by atoms with Crippen molar-refractivity contribution in [3.05, 3.63) is 58.4 Å². The lowest BCUT2D eigenvalue weighted by molar-refractivity contribution is -0.163. The maximum Gasteiger partial charge on any atom is 0.352 e. The molecule has 10 nitrogen and oxygen atoms in total. The number of fused-ring (bicyclic) bond motifs is 2. The van der Waals surface area contributed by atoms with Gasteiger partial charge in [-0.3, -0.25) is 19.0 Å². The van der Waals surface area contributed by atoms with Crippen LogP contribution >= 0.6 is 23.1 Å². The molecular formula is C24H25N5O5S2. The summed E-state index contributed by atoms with van der Waals surface area (Å²) in [4.78, 5) is 49.2. The summed E-state index contributed by atoms with van der Waals surface area (Å²) >= 11 is 2.92. The van der Waals surface area contributed by atoms with Crippen LogP contribution in [0, 0.1) is 11.8 Å². The van der Waals surface area contributed by atoms with E-state index in [0.29, 0.717) is 33.1 Å². The number of rotatable bonds is 9. The van der Waals surface area contributed by atoms with Crippen LogP contribution in [0.2, 0.25) is 0 Å². The largest absolute Gasteiger partial charge is 0.477 e. The topological polar surface area (TPSA) is 151 Å². The second-order valence-corrected chi connectivity index (χ2v) is 11.1. The maximum atomic E-state index is 13.3. The molecule has 36 heavy (non-hydrogen) atoms. The smallest absolute Gasteiger partial charge is 0.352 e. The normalized spacial score (nSPS) is 22.2. The Kier molecular flexibility index (Phi) is 6.45. The SMILES string of the molecule is C[C@@H](O)[C@H]1C(=O)N2C(C(=O)O)=C(c3cn4cnc(C(=O)c5cncc(CSCCN)c5)c4s3)[C@H](C)[C@H]12. The lowest BCUT2D eigenvalue weighted by Crippen LogP contribution is -2.63. The van der Waals surface area contributed by atoms with Crippen LogP contribution in [-0.2, 0) is 15.3 Å². The van der Waals surface area contributed by atoms with E-state index < -0.39 is 24.0 Å². The number of imidazole rings is 1. The van der Waals surface area contributed by atoms with E-state index in [-0.39, 0.29) is 29.0 Å². The quantitative estimate of drug-likeness (QED) is 0.215. The summed E-state index contributed by atoms with van der Waals surface area (Å²) in [5.74, 6) is -1.28. The minimum absolute atomic E-state index is 0.0633. The zero-order chi connectivity index (χ0) is 25.7. The first-order chi connectivity index (χ1) is 17.2. The van der Waals surface area contributed by atoms with Crippen molar-refractivity contribution in [3.8, 4) is 0 Å². The molecule has 5 rings (SSSR count). The zero-order valence-electron chi connectivity index (χ0n) is 19.6. The maximum absolute atomic E-state index is 13.3. The number of thiazole rings is 1. The van der Waals surface area contributed by atoms with E-state index in [1.807, 2.05) is 6.92 Å². The molecule has 0 spiro atoms. The zero-order valence-corrected chi connectivity index (χ0v) is 21.3. The number of nitrogens with two attached hydrogens (primary N) is 1. The molecule has 2 aliphatic rings. The van der Waals surface area contributed by atoms with Crippen LogP contribution in [0.3, 0.4) is 0 Å². The molecule has 12 heteroatoms. The average Bonchev–Trinajstić information content (AvgIpc) is 3.48. The number of ketones is 1. The molecule has 188 valence electrons. The summed E-state index contributed by atoms with van der Waals surface area (Å²) in [6, 6.07) is 1.39. The van der Waals surface area contributed by atoms with Gasteiger partial charge in [0.25, 0.3) is 0 Å². The fourth-order valence-corrected chi connectivity index (χ4v) is 6.99. The monoisotopic (exact) mass is 527 g/mol. The van der Waals surface area contributed by atoms with E-state index in [1.54, 1.807) is 41.5 Å². The second kappa shape index (κ2) is 9.43. The lowest BCUT2D eigenvalue weighted by atomic mass is 9.77. The highest BCUT2D eigenvalue weighted by Gasteiger charge is 2.60. The molecule has 0 unspecified atom stereocenters. The number of nitrogens with zero attached hydrogens (tertiary/aromatic N) is 4. The lowest BCUT2D eigenvalue weighted by Gasteiger charge is -2.46. The molecule has 5 heterocycles. The molecule has 3 aromatic heterocycles. The summed E-state index contributed by atoms with van der Waals surface area (Å²) < 4.78 is 1.70. The van der Waals surface area contributed by atoms with E-state index in [0.717, 1.165) is 11.3 Å². The van der Waals surface area contributed by atoms with Crippen LogP contribution in [0.25, 0.3) is 10.4 Å². The van der Waals surface area contributed by atoms with E-state index >= 15 is 0 Å². The number of aliphatic carboxylic acids is 1. The van der Waals surface area contributed by atoms with Crippen molar-refractivity contribution in [2.75, 3.05) is 12.3 Å². The van der Waals surface area contributed by atoms with Gasteiger partial charge in [0.15, 0.2) is 0 Å². The van der Waals surface area contributed by atoms with E-state index in [9.17, 15) is 24.6 Å². The predicted octanol–water partition coefficient (Wildman–Crippen LogP) is 1.87. The number of β-lactam (4-membered cyclic amide) rings is 1. The van der Waals surface area contributed by atoms with Crippen molar-refractivity contribution in [1.29, 1.82) is 0 Å². The molecule has 4 N–H and O–H groups in total. The fraction of sp³-hybridized carbons (Fsp3) is 0.375. The Morgan fingerprint density at radius 2 is 2.11 bits per heavy atom. The Morgan fingerprint density at radius 1 is 1.33 bits per heavy atom. The minimum Gasteiger partial charge on any atom is -0.477 e. The van der Waals surface area contributed by atoms with Crippen molar-refractivity contribution >= 4 is 51.2 Å². The first-order valence-corrected chi connectivity index (χ1v) is 13.4. The summed E-state index contributed by atoms with van der Waals surface area (Å²) in [7, 11) is 0. The van der Waals surface area contributed by atoms with E-state index in [2.05, 4.69) is 9.97 Å². The molecule has 0 aromatic carbocycles. The number of carbonyl (C=O) groups excluding carboxylic acids is 2. The fourth-order valence-electron chi connectivity index (χ4n) is 5.07. The number of aliphatic hydroxyl groups is 1. The summed E-state index contributed by atoms with van der Waals surface area (Å²) in [6.07, 6.45) is 5.62. The molecule has 4 atom stereocenters. The van der Waals surface area contributed by atoms with Crippen molar-refractivity contribution in [2.45, 2.75) is 31.7 Å². The predicted molar refractivity (Wildman–Crippen MR) is 135 cm³/mol. The molecule has 1 amide bonds. The van der Waals surface area contributed by atoms with Gasteiger partial charge in [0, 0.05) is 53.7 Å². The Morgan fingerprint density at radius 3 is 2.81 bits per heavy atom. The molecule has 3 aromatic rings. The Bertz CT molecular complexity index is 1410. The van der Waals surface area contributed by atoms with Gasteiger partial charge in [0.05, 0.1) is 22.9 Å². The first-order valence-electron chi connectivity index (χ1n) is 11.5. The molecule has 1 saturated heterocycles. The standard InChI is InChI=1S/C24H25N5O5S2/c1-11-16(20(24(33)34)29-19(11)17(12(2)30)22(29)32)15-8-28-10-27-18(23(28)36-15)21(31)14-5-13(6-26-7-14)9-35-4-3-25/h5-8,10-12,17,19,30H,3-4,9,25H2,1-2H3,(H,33,34)/t11-,12+,17+,19+/m0/s1. The van der Waals surface area contributed by atoms with E-state index in [1.165, 1.54) is 28.8 Å². The molecule has 0 saturated carbocycles. The third-order valence-electron chi connectivity index (χ3n) is 6.65. The van der Waals surface area contributed by atoms with Gasteiger partial charge in [-0.1, -0.05) is 6.92 Å². The van der Waals surface area contributed by atoms with Crippen LogP contribution in [0.5, 0.6) is 0 Å². The number of amides is 1. The van der Waals surface area contributed by atoms with Crippen LogP contribution in [0.15, 0.2) is 36.7 Å². The van der Waals surface area contributed by atoms with Crippen LogP contribution in [0.1, 0.15) is 40.3 Å². The first kappa shape index (κ1) is 24.6. The van der Waals surface area contributed by atoms with Gasteiger partial charge >= 0.3 is 5.97 Å². The van der Waals surface area contributed by atoms with E-state index in [4.69, 9.17) is 5.73 Å². The number of carboxylic acids is 1. The molecule has 0 aliphatic carbocycles. The van der Waals surface area contributed by atoms with Crippen molar-refractivity contribution in [2.24, 2.45) is 17.6 Å². The number of hydrogen-bond donors (Lipinski definition) is 3. The highest BCUT2D eigenvalue weighted by molar-refractivity contribution is 7.98. The summed E-state index contributed by atoms with van der Waals surface area (Å²) in [5.41, 5.74) is 7.60. The third-order valence-corrected chi connectivity index (χ3v) is 8.86. The number of aliphatic hydroxyl groups excluding tert-OH is 1. The van der Waals surface area contributed by atoms with Gasteiger partial charge in [-0.2, -0.15) is 11.8 Å². The van der Waals surface area contributed by atoms with Gasteiger partial charge in [-0.05, 0) is 18.6 Å². The number of thioether (sulfide) groups is 1. The molecular weight excluding hydrogens is 502 g/mol. The molecule has 0 bridgehead atoms. The van der Waals surface area contributed by atoms with Crippen LogP contribution in [0.4, 0.5) is 0 Å². The van der Waals surface area contributed by atoms with Crippen LogP contribution in [-0.4, -0.2) is 71.6 Å². The number of carbonyl (C=O) groups is 3. The van der Waals surface area contributed by atoms with Gasteiger partial charge in [0.2, 0.25) is 11.7 Å². The molecule has 1 fully saturated rings. The minimum atomic E-state index is -1.19. The third kappa shape index (κ3) is 3.84. The van der Waals surface area contributed by atoms with Gasteiger partial charge < -0.3 is 20.8 Å². The number of hydrogen-bond acceptors (Lipinski definition) is 9. The second-order valence-electron chi connectivity index (χ2n) is 8.97. The number of pyridine rings is 1. The summed E-state index contributed by atoms with van der Waals surface area (Å²) in [5, 5.41) is 20.0. The highest BCUT2D eigenvalue weighted by atomic mass is 32.2. The van der Waals surface area contributed by atoms with Crippen molar-refractivity contribution < 1.29 is 24.6 Å². The van der Waals surface area contributed by atoms with Gasteiger partial charge in [-0.25, -0.2) is 9.78 Å². The molecule has 2 aliphatic heterocycles. The molecule has 0 radical (unpaired) electrons. The highest BCUT2D eigenvalue weighted by Crippen LogP contribution is 2.51. The summed E-state index contributed by atoms with van der Waals surface area (Å²) in [6.45, 7) is 3.99. The Balaban J connectivity index is 1.50. The van der Waals surface area contributed by atoms with Gasteiger partial charge in [-0.15, -0.1) is 11.3 Å².